The van der Waals surface area contributed by atoms with Crippen LogP contribution in [0.15, 0.2) is 28.8 Å². The number of aromatic nitrogens is 2. The number of hydrogen-bond donors (Lipinski definition) is 3. The van der Waals surface area contributed by atoms with E-state index in [1.165, 1.54) is 0 Å². The molecule has 0 spiro atoms. The van der Waals surface area contributed by atoms with Crippen LogP contribution in [0.25, 0.3) is 0 Å². The number of nitrogens with one attached hydrogen (secondary N) is 3. The lowest BCUT2D eigenvalue weighted by Crippen LogP contribution is -2.44. The Morgan fingerprint density at radius 1 is 1.35 bits per heavy atom. The van der Waals surface area contributed by atoms with Gasteiger partial charge in [-0.2, -0.15) is 4.98 Å². The zero-order valence-corrected chi connectivity index (χ0v) is 15.9. The van der Waals surface area contributed by atoms with Crippen LogP contribution in [0.3, 0.4) is 0 Å². The van der Waals surface area contributed by atoms with Gasteiger partial charge >= 0.3 is 6.03 Å². The van der Waals surface area contributed by atoms with Crippen LogP contribution in [0.4, 0.5) is 4.79 Å². The molecule has 1 aromatic carbocycles. The molecule has 1 aromatic heterocycles. The molecule has 0 aliphatic carbocycles. The second-order valence-corrected chi connectivity index (χ2v) is 6.35. The number of likely N-dealkylation sites (N-methyl/N-ethyl adjacent to an activating group) is 1. The van der Waals surface area contributed by atoms with Crippen LogP contribution in [0.1, 0.15) is 23.3 Å². The molecule has 1 fully saturated rings. The first kappa shape index (κ1) is 20.4. The summed E-state index contributed by atoms with van der Waals surface area (Å²) in [6.07, 6.45) is 0. The van der Waals surface area contributed by atoms with E-state index in [0.29, 0.717) is 23.3 Å². The maximum absolute atomic E-state index is 11.9. The van der Waals surface area contributed by atoms with Crippen LogP contribution in [0.2, 0.25) is 5.02 Å². The SMILES string of the molecule is CN1CCNCC1c1noc(CNC(=O)NCc2ccc(Cl)cc2)n1.Cl. The summed E-state index contributed by atoms with van der Waals surface area (Å²) in [6, 6.07) is 7.08. The van der Waals surface area contributed by atoms with Crippen molar-refractivity contribution in [2.24, 2.45) is 0 Å². The van der Waals surface area contributed by atoms with Gasteiger partial charge in [-0.15, -0.1) is 12.4 Å². The molecule has 2 amide bonds. The first-order chi connectivity index (χ1) is 12.1. The van der Waals surface area contributed by atoms with Crippen LogP contribution >= 0.6 is 24.0 Å². The van der Waals surface area contributed by atoms with E-state index in [4.69, 9.17) is 16.1 Å². The van der Waals surface area contributed by atoms with E-state index in [9.17, 15) is 4.79 Å². The highest BCUT2D eigenvalue weighted by molar-refractivity contribution is 6.30. The third-order valence-corrected chi connectivity index (χ3v) is 4.31. The fourth-order valence-electron chi connectivity index (χ4n) is 2.57. The van der Waals surface area contributed by atoms with Crippen molar-refractivity contribution < 1.29 is 9.32 Å². The van der Waals surface area contributed by atoms with Gasteiger partial charge in [-0.05, 0) is 24.7 Å². The van der Waals surface area contributed by atoms with Gasteiger partial charge in [0.05, 0.1) is 12.6 Å². The predicted molar refractivity (Wildman–Crippen MR) is 100 cm³/mol. The molecule has 8 nitrogen and oxygen atoms in total. The van der Waals surface area contributed by atoms with Crippen LogP contribution in [-0.4, -0.2) is 47.8 Å². The quantitative estimate of drug-likeness (QED) is 0.706. The van der Waals surface area contributed by atoms with Crippen molar-refractivity contribution >= 4 is 30.0 Å². The number of carbonyl (C=O) groups excluding carboxylic acids is 1. The second kappa shape index (κ2) is 9.72. The van der Waals surface area contributed by atoms with Crippen LogP contribution in [0, 0.1) is 0 Å². The lowest BCUT2D eigenvalue weighted by atomic mass is 10.2. The largest absolute Gasteiger partial charge is 0.337 e. The summed E-state index contributed by atoms with van der Waals surface area (Å²) in [4.78, 5) is 18.4. The Balaban J connectivity index is 0.00000243. The Morgan fingerprint density at radius 2 is 2.08 bits per heavy atom. The topological polar surface area (TPSA) is 95.3 Å². The summed E-state index contributed by atoms with van der Waals surface area (Å²) >= 11 is 5.83. The Hall–Kier alpha value is -1.87. The van der Waals surface area contributed by atoms with E-state index in [-0.39, 0.29) is 31.0 Å². The van der Waals surface area contributed by atoms with Gasteiger partial charge in [0, 0.05) is 31.2 Å². The standard InChI is InChI=1S/C16H21ClN6O2.ClH/c1-23-7-6-18-9-13(23)15-21-14(25-22-15)10-20-16(24)19-8-11-2-4-12(17)5-3-11;/h2-5,13,18H,6-10H2,1H3,(H2,19,20,24);1H. The lowest BCUT2D eigenvalue weighted by Gasteiger charge is -2.30. The summed E-state index contributed by atoms with van der Waals surface area (Å²) in [6.45, 7) is 3.26. The van der Waals surface area contributed by atoms with Crippen molar-refractivity contribution in [2.45, 2.75) is 19.1 Å². The molecular weight excluding hydrogens is 379 g/mol. The molecule has 1 saturated heterocycles. The monoisotopic (exact) mass is 400 g/mol. The number of nitrogens with zero attached hydrogens (tertiary/aromatic N) is 3. The molecular formula is C16H22Cl2N6O2. The summed E-state index contributed by atoms with van der Waals surface area (Å²) < 4.78 is 5.22. The molecule has 1 unspecified atom stereocenters. The number of amides is 2. The summed E-state index contributed by atoms with van der Waals surface area (Å²) in [5, 5.41) is 13.5. The third-order valence-electron chi connectivity index (χ3n) is 4.06. The number of benzene rings is 1. The molecule has 2 aromatic rings. The Bertz CT molecular complexity index is 709. The minimum Gasteiger partial charge on any atom is -0.337 e. The van der Waals surface area contributed by atoms with Gasteiger partial charge in [0.1, 0.15) is 0 Å². The van der Waals surface area contributed by atoms with Crippen molar-refractivity contribution in [1.29, 1.82) is 0 Å². The average molecular weight is 401 g/mol. The lowest BCUT2D eigenvalue weighted by molar-refractivity contribution is 0.190. The van der Waals surface area contributed by atoms with Crippen LogP contribution < -0.4 is 16.0 Å². The maximum Gasteiger partial charge on any atom is 0.315 e. The van der Waals surface area contributed by atoms with E-state index < -0.39 is 0 Å². The van der Waals surface area contributed by atoms with E-state index in [2.05, 4.69) is 31.0 Å². The van der Waals surface area contributed by atoms with Gasteiger partial charge in [-0.1, -0.05) is 28.9 Å². The minimum atomic E-state index is -0.300. The molecule has 0 saturated carbocycles. The highest BCUT2D eigenvalue weighted by Crippen LogP contribution is 2.17. The number of urea groups is 1. The van der Waals surface area contributed by atoms with E-state index >= 15 is 0 Å². The van der Waals surface area contributed by atoms with Crippen molar-refractivity contribution in [1.82, 2.24) is 31.0 Å². The molecule has 0 bridgehead atoms. The fraction of sp³-hybridized carbons (Fsp3) is 0.438. The van der Waals surface area contributed by atoms with Gasteiger partial charge in [0.25, 0.3) is 0 Å². The van der Waals surface area contributed by atoms with Gasteiger partial charge in [-0.25, -0.2) is 4.79 Å². The Labute approximate surface area is 163 Å². The van der Waals surface area contributed by atoms with Crippen molar-refractivity contribution in [3.8, 4) is 0 Å². The Morgan fingerprint density at radius 3 is 2.81 bits per heavy atom. The number of carbonyl (C=O) groups is 1. The number of hydrogen-bond acceptors (Lipinski definition) is 6. The van der Waals surface area contributed by atoms with Crippen molar-refractivity contribution in [2.75, 3.05) is 26.7 Å². The van der Waals surface area contributed by atoms with Gasteiger partial charge in [0.15, 0.2) is 5.82 Å². The van der Waals surface area contributed by atoms with E-state index in [0.717, 1.165) is 25.2 Å². The van der Waals surface area contributed by atoms with E-state index in [1.54, 1.807) is 12.1 Å². The Kier molecular flexibility index (Phi) is 7.65. The molecule has 3 rings (SSSR count). The first-order valence-electron chi connectivity index (χ1n) is 8.11. The number of halogens is 2. The molecule has 26 heavy (non-hydrogen) atoms. The van der Waals surface area contributed by atoms with E-state index in [1.807, 2.05) is 19.2 Å². The molecule has 142 valence electrons. The van der Waals surface area contributed by atoms with Gasteiger partial charge in [-0.3, -0.25) is 4.90 Å². The van der Waals surface area contributed by atoms with Crippen LogP contribution in [0.5, 0.6) is 0 Å². The van der Waals surface area contributed by atoms with Gasteiger partial charge < -0.3 is 20.5 Å². The normalized spacial score (nSPS) is 17.4. The molecule has 3 N–H and O–H groups in total. The molecule has 0 radical (unpaired) electrons. The minimum absolute atomic E-state index is 0. The first-order valence-corrected chi connectivity index (χ1v) is 8.49. The van der Waals surface area contributed by atoms with Crippen molar-refractivity contribution in [3.63, 3.8) is 0 Å². The summed E-state index contributed by atoms with van der Waals surface area (Å²) in [5.74, 6) is 1.02. The van der Waals surface area contributed by atoms with Crippen molar-refractivity contribution in [3.05, 3.63) is 46.6 Å². The highest BCUT2D eigenvalue weighted by Gasteiger charge is 2.25. The fourth-order valence-corrected chi connectivity index (χ4v) is 2.70. The average Bonchev–Trinajstić information content (AvgIpc) is 3.08. The zero-order valence-electron chi connectivity index (χ0n) is 14.4. The molecule has 2 heterocycles. The molecule has 1 aliphatic rings. The summed E-state index contributed by atoms with van der Waals surface area (Å²) in [5.41, 5.74) is 0.965. The highest BCUT2D eigenvalue weighted by atomic mass is 35.5. The molecule has 1 atom stereocenters. The number of rotatable bonds is 5. The molecule has 1 aliphatic heterocycles. The number of piperazine rings is 1. The molecule has 10 heteroatoms. The maximum atomic E-state index is 11.9. The van der Waals surface area contributed by atoms with Gasteiger partial charge in [0.2, 0.25) is 5.89 Å². The van der Waals surface area contributed by atoms with Crippen LogP contribution in [-0.2, 0) is 13.1 Å². The predicted octanol–water partition coefficient (Wildman–Crippen LogP) is 1.72. The summed E-state index contributed by atoms with van der Waals surface area (Å²) in [7, 11) is 2.03. The third kappa shape index (κ3) is 5.57. The zero-order chi connectivity index (χ0) is 17.6. The second-order valence-electron chi connectivity index (χ2n) is 5.91. The smallest absolute Gasteiger partial charge is 0.315 e.